The summed E-state index contributed by atoms with van der Waals surface area (Å²) in [6.45, 7) is 0.480. The van der Waals surface area contributed by atoms with Crippen LogP contribution in [0.5, 0.6) is 0 Å². The first-order chi connectivity index (χ1) is 8.34. The molecule has 0 aliphatic carbocycles. The number of rotatable bonds is 4. The minimum Gasteiger partial charge on any atom is -0.348 e. The molecule has 86 valence electrons. The third-order valence-corrected chi connectivity index (χ3v) is 2.65. The Balaban J connectivity index is 1.82. The predicted molar refractivity (Wildman–Crippen MR) is 67.2 cm³/mol. The van der Waals surface area contributed by atoms with Gasteiger partial charge in [-0.2, -0.15) is 0 Å². The molecule has 4 nitrogen and oxygen atoms in total. The van der Waals surface area contributed by atoms with Crippen LogP contribution in [0.25, 0.3) is 6.08 Å². The Morgan fingerprint density at radius 1 is 1.53 bits per heavy atom. The molecule has 2 aromatic heterocycles. The zero-order chi connectivity index (χ0) is 11.9. The van der Waals surface area contributed by atoms with E-state index in [9.17, 15) is 4.79 Å². The van der Waals surface area contributed by atoms with Gasteiger partial charge in [0.25, 0.3) is 0 Å². The molecule has 2 heterocycles. The van der Waals surface area contributed by atoms with E-state index in [1.807, 2.05) is 17.5 Å². The van der Waals surface area contributed by atoms with E-state index in [1.54, 1.807) is 24.0 Å². The first kappa shape index (κ1) is 11.5. The summed E-state index contributed by atoms with van der Waals surface area (Å²) in [5.74, 6) is -0.137. The van der Waals surface area contributed by atoms with Gasteiger partial charge in [-0.15, -0.1) is 11.3 Å². The Morgan fingerprint density at radius 2 is 2.47 bits per heavy atom. The zero-order valence-corrected chi connectivity index (χ0v) is 9.85. The molecule has 0 saturated carbocycles. The molecule has 17 heavy (non-hydrogen) atoms. The fourth-order valence-corrected chi connectivity index (χ4v) is 1.74. The van der Waals surface area contributed by atoms with Crippen molar-refractivity contribution in [2.45, 2.75) is 6.54 Å². The fraction of sp³-hybridized carbons (Fsp3) is 0.0833. The number of pyridine rings is 1. The molecule has 2 rings (SSSR count). The van der Waals surface area contributed by atoms with Crippen molar-refractivity contribution < 1.29 is 4.79 Å². The molecular formula is C12H11N3OS. The van der Waals surface area contributed by atoms with E-state index in [0.29, 0.717) is 6.54 Å². The molecule has 0 aliphatic heterocycles. The molecule has 2 aromatic rings. The number of carbonyl (C=O) groups is 1. The van der Waals surface area contributed by atoms with Crippen LogP contribution in [0.3, 0.4) is 0 Å². The molecular weight excluding hydrogens is 234 g/mol. The first-order valence-corrected chi connectivity index (χ1v) is 6.02. The quantitative estimate of drug-likeness (QED) is 0.837. The summed E-state index contributed by atoms with van der Waals surface area (Å²) < 4.78 is 0. The summed E-state index contributed by atoms with van der Waals surface area (Å²) in [5, 5.41) is 4.65. The Kier molecular flexibility index (Phi) is 3.99. The van der Waals surface area contributed by atoms with E-state index >= 15 is 0 Å². The van der Waals surface area contributed by atoms with Gasteiger partial charge in [-0.1, -0.05) is 6.07 Å². The monoisotopic (exact) mass is 245 g/mol. The number of amides is 1. The normalized spacial score (nSPS) is 10.6. The number of carbonyl (C=O) groups excluding carboxylic acids is 1. The molecule has 1 amide bonds. The Bertz CT molecular complexity index is 494. The topological polar surface area (TPSA) is 54.9 Å². The van der Waals surface area contributed by atoms with Gasteiger partial charge in [0, 0.05) is 30.4 Å². The van der Waals surface area contributed by atoms with Crippen LogP contribution in [0.4, 0.5) is 0 Å². The predicted octanol–water partition coefficient (Wildman–Crippen LogP) is 1.87. The van der Waals surface area contributed by atoms with E-state index in [0.717, 1.165) is 11.3 Å². The third kappa shape index (κ3) is 3.81. The number of aromatic nitrogens is 2. The number of hydrogen-bond acceptors (Lipinski definition) is 4. The van der Waals surface area contributed by atoms with E-state index in [4.69, 9.17) is 0 Å². The van der Waals surface area contributed by atoms with Crippen LogP contribution < -0.4 is 5.32 Å². The lowest BCUT2D eigenvalue weighted by molar-refractivity contribution is -0.116. The van der Waals surface area contributed by atoms with Gasteiger partial charge in [0.1, 0.15) is 0 Å². The number of hydrogen-bond donors (Lipinski definition) is 1. The molecule has 0 spiro atoms. The van der Waals surface area contributed by atoms with Gasteiger partial charge in [0.2, 0.25) is 5.91 Å². The summed E-state index contributed by atoms with van der Waals surface area (Å²) >= 11 is 1.50. The van der Waals surface area contributed by atoms with Gasteiger partial charge in [-0.25, -0.2) is 4.98 Å². The van der Waals surface area contributed by atoms with Gasteiger partial charge in [0.15, 0.2) is 0 Å². The highest BCUT2D eigenvalue weighted by Gasteiger charge is 1.96. The molecule has 0 bridgehead atoms. The minimum absolute atomic E-state index is 0.137. The van der Waals surface area contributed by atoms with Crippen molar-refractivity contribution in [3.8, 4) is 0 Å². The molecule has 0 saturated heterocycles. The van der Waals surface area contributed by atoms with Gasteiger partial charge in [0.05, 0.1) is 11.2 Å². The maximum Gasteiger partial charge on any atom is 0.244 e. The van der Waals surface area contributed by atoms with Crippen LogP contribution in [-0.2, 0) is 11.3 Å². The minimum atomic E-state index is -0.137. The van der Waals surface area contributed by atoms with E-state index < -0.39 is 0 Å². The average molecular weight is 245 g/mol. The summed E-state index contributed by atoms with van der Waals surface area (Å²) in [5.41, 5.74) is 3.50. The van der Waals surface area contributed by atoms with Crippen molar-refractivity contribution in [1.82, 2.24) is 15.3 Å². The van der Waals surface area contributed by atoms with E-state index in [1.165, 1.54) is 17.4 Å². The Labute approximate surface area is 103 Å². The highest BCUT2D eigenvalue weighted by molar-refractivity contribution is 7.07. The maximum atomic E-state index is 11.5. The molecule has 1 N–H and O–H groups in total. The number of nitrogens with zero attached hydrogens (tertiary/aromatic N) is 2. The number of thiazole rings is 1. The number of nitrogens with one attached hydrogen (secondary N) is 1. The molecule has 5 heteroatoms. The maximum absolute atomic E-state index is 11.5. The lowest BCUT2D eigenvalue weighted by atomic mass is 10.3. The van der Waals surface area contributed by atoms with Crippen molar-refractivity contribution in [1.29, 1.82) is 0 Å². The van der Waals surface area contributed by atoms with Crippen LogP contribution in [0, 0.1) is 0 Å². The van der Waals surface area contributed by atoms with Gasteiger partial charge in [-0.05, 0) is 17.7 Å². The highest BCUT2D eigenvalue weighted by Crippen LogP contribution is 2.02. The third-order valence-electron chi connectivity index (χ3n) is 2.05. The lowest BCUT2D eigenvalue weighted by Crippen LogP contribution is -2.20. The van der Waals surface area contributed by atoms with Gasteiger partial charge < -0.3 is 5.32 Å². The standard InChI is InChI=1S/C12H11N3OS/c16-12(4-3-11-8-17-9-15-11)14-7-10-2-1-5-13-6-10/h1-6,8-9H,7H2,(H,14,16). The second kappa shape index (κ2) is 5.91. The summed E-state index contributed by atoms with van der Waals surface area (Å²) in [6, 6.07) is 3.75. The highest BCUT2D eigenvalue weighted by atomic mass is 32.1. The molecule has 0 fully saturated rings. The van der Waals surface area contributed by atoms with Crippen molar-refractivity contribution >= 4 is 23.3 Å². The first-order valence-electron chi connectivity index (χ1n) is 5.07. The van der Waals surface area contributed by atoms with Crippen LogP contribution >= 0.6 is 11.3 Å². The van der Waals surface area contributed by atoms with Crippen LogP contribution in [0.15, 0.2) is 41.5 Å². The van der Waals surface area contributed by atoms with Gasteiger partial charge >= 0.3 is 0 Å². The molecule has 0 atom stereocenters. The van der Waals surface area contributed by atoms with Crippen LogP contribution in [-0.4, -0.2) is 15.9 Å². The largest absolute Gasteiger partial charge is 0.348 e. The van der Waals surface area contributed by atoms with Crippen molar-refractivity contribution in [2.24, 2.45) is 0 Å². The Hall–Kier alpha value is -2.01. The zero-order valence-electron chi connectivity index (χ0n) is 9.04. The van der Waals surface area contributed by atoms with E-state index in [-0.39, 0.29) is 5.91 Å². The molecule has 0 radical (unpaired) electrons. The lowest BCUT2D eigenvalue weighted by Gasteiger charge is -2.00. The molecule has 0 unspecified atom stereocenters. The smallest absolute Gasteiger partial charge is 0.244 e. The second-order valence-electron chi connectivity index (χ2n) is 3.33. The van der Waals surface area contributed by atoms with Crippen molar-refractivity contribution in [3.63, 3.8) is 0 Å². The van der Waals surface area contributed by atoms with Crippen LogP contribution in [0.2, 0.25) is 0 Å². The van der Waals surface area contributed by atoms with Crippen molar-refractivity contribution in [2.75, 3.05) is 0 Å². The molecule has 0 aromatic carbocycles. The molecule has 0 aliphatic rings. The summed E-state index contributed by atoms with van der Waals surface area (Å²) in [6.07, 6.45) is 6.60. The Morgan fingerprint density at radius 3 is 3.18 bits per heavy atom. The fourth-order valence-electron chi connectivity index (χ4n) is 1.22. The SMILES string of the molecule is O=C(C=Cc1cscn1)NCc1cccnc1. The summed E-state index contributed by atoms with van der Waals surface area (Å²) in [4.78, 5) is 19.5. The summed E-state index contributed by atoms with van der Waals surface area (Å²) in [7, 11) is 0. The van der Waals surface area contributed by atoms with Gasteiger partial charge in [-0.3, -0.25) is 9.78 Å². The average Bonchev–Trinajstić information content (AvgIpc) is 2.88. The van der Waals surface area contributed by atoms with E-state index in [2.05, 4.69) is 15.3 Å². The van der Waals surface area contributed by atoms with Crippen molar-refractivity contribution in [3.05, 3.63) is 52.8 Å². The second-order valence-corrected chi connectivity index (χ2v) is 4.04. The van der Waals surface area contributed by atoms with Crippen LogP contribution in [0.1, 0.15) is 11.3 Å².